The number of carbonyl (C=O) groups is 1. The molecule has 2 aromatic carbocycles. The highest BCUT2D eigenvalue weighted by atomic mass is 19.1. The van der Waals surface area contributed by atoms with Gasteiger partial charge in [0, 0.05) is 17.2 Å². The Morgan fingerprint density at radius 3 is 2.52 bits per heavy atom. The van der Waals surface area contributed by atoms with Crippen molar-refractivity contribution >= 4 is 5.91 Å². The zero-order valence-corrected chi connectivity index (χ0v) is 12.7. The number of hydrogen-bond donors (Lipinski definition) is 3. The van der Waals surface area contributed by atoms with Crippen LogP contribution in [0.4, 0.5) is 8.78 Å². The van der Waals surface area contributed by atoms with Gasteiger partial charge in [0.1, 0.15) is 23.0 Å². The molecule has 0 bridgehead atoms. The zero-order chi connectivity index (χ0) is 17.2. The van der Waals surface area contributed by atoms with Crippen molar-refractivity contribution in [3.63, 3.8) is 0 Å². The molecule has 1 amide bonds. The van der Waals surface area contributed by atoms with Gasteiger partial charge in [-0.25, -0.2) is 8.78 Å². The molecule has 2 rings (SSSR count). The molecule has 23 heavy (non-hydrogen) atoms. The lowest BCUT2D eigenvalue weighted by molar-refractivity contribution is 0.0494. The molecule has 0 fully saturated rings. The van der Waals surface area contributed by atoms with Crippen LogP contribution in [0.15, 0.2) is 36.4 Å². The first-order chi connectivity index (χ1) is 10.7. The van der Waals surface area contributed by atoms with Crippen molar-refractivity contribution in [2.75, 3.05) is 6.54 Å². The number of hydrogen-bond acceptors (Lipinski definition) is 3. The lowest BCUT2D eigenvalue weighted by atomic mass is 9.95. The van der Waals surface area contributed by atoms with Crippen LogP contribution in [0.1, 0.15) is 28.4 Å². The van der Waals surface area contributed by atoms with Gasteiger partial charge in [-0.3, -0.25) is 4.79 Å². The number of aliphatic hydroxyl groups is 1. The van der Waals surface area contributed by atoms with E-state index in [-0.39, 0.29) is 23.4 Å². The number of aromatic hydroxyl groups is 1. The Balaban J connectivity index is 2.11. The third-order valence-corrected chi connectivity index (χ3v) is 3.58. The van der Waals surface area contributed by atoms with Gasteiger partial charge < -0.3 is 15.5 Å². The lowest BCUT2D eigenvalue weighted by Crippen LogP contribution is -2.39. The maximum atomic E-state index is 13.7. The van der Waals surface area contributed by atoms with Gasteiger partial charge in [-0.05, 0) is 37.6 Å². The molecule has 2 aromatic rings. The van der Waals surface area contributed by atoms with Gasteiger partial charge >= 0.3 is 0 Å². The van der Waals surface area contributed by atoms with Crippen molar-refractivity contribution in [1.29, 1.82) is 0 Å². The molecule has 122 valence electrons. The van der Waals surface area contributed by atoms with E-state index in [9.17, 15) is 23.8 Å². The Morgan fingerprint density at radius 2 is 1.91 bits per heavy atom. The van der Waals surface area contributed by atoms with Gasteiger partial charge in [-0.1, -0.05) is 12.1 Å². The van der Waals surface area contributed by atoms with Crippen LogP contribution in [0.25, 0.3) is 0 Å². The van der Waals surface area contributed by atoms with Gasteiger partial charge in [0.2, 0.25) is 0 Å². The zero-order valence-electron chi connectivity index (χ0n) is 12.7. The summed E-state index contributed by atoms with van der Waals surface area (Å²) in [5.74, 6) is -2.18. The molecular weight excluding hydrogens is 304 g/mol. The molecule has 0 radical (unpaired) electrons. The van der Waals surface area contributed by atoms with E-state index in [2.05, 4.69) is 5.32 Å². The summed E-state index contributed by atoms with van der Waals surface area (Å²) in [4.78, 5) is 12.0. The van der Waals surface area contributed by atoms with Gasteiger partial charge in [0.15, 0.2) is 0 Å². The number of amides is 1. The minimum atomic E-state index is -1.71. The average Bonchev–Trinajstić information content (AvgIpc) is 2.47. The Bertz CT molecular complexity index is 745. The summed E-state index contributed by atoms with van der Waals surface area (Å²) in [6.07, 6.45) is 0. The summed E-state index contributed by atoms with van der Waals surface area (Å²) in [5, 5.41) is 22.4. The number of carbonyl (C=O) groups excluding carboxylic acids is 1. The molecule has 4 nitrogen and oxygen atoms in total. The maximum Gasteiger partial charge on any atom is 0.251 e. The first-order valence-electron chi connectivity index (χ1n) is 6.96. The van der Waals surface area contributed by atoms with Crippen LogP contribution >= 0.6 is 0 Å². The Morgan fingerprint density at radius 1 is 1.22 bits per heavy atom. The van der Waals surface area contributed by atoms with Crippen LogP contribution in [0.3, 0.4) is 0 Å². The fraction of sp³-hybridized carbons (Fsp3) is 0.235. The molecule has 0 aromatic heterocycles. The second-order valence-corrected chi connectivity index (χ2v) is 5.58. The summed E-state index contributed by atoms with van der Waals surface area (Å²) in [7, 11) is 0. The first kappa shape index (κ1) is 16.9. The van der Waals surface area contributed by atoms with Gasteiger partial charge in [0.25, 0.3) is 5.91 Å². The van der Waals surface area contributed by atoms with Crippen molar-refractivity contribution in [2.24, 2.45) is 0 Å². The lowest BCUT2D eigenvalue weighted by Gasteiger charge is -2.24. The number of phenols is 1. The maximum absolute atomic E-state index is 13.7. The van der Waals surface area contributed by atoms with Crippen LogP contribution < -0.4 is 5.32 Å². The van der Waals surface area contributed by atoms with E-state index < -0.39 is 23.1 Å². The van der Waals surface area contributed by atoms with E-state index in [0.29, 0.717) is 11.6 Å². The summed E-state index contributed by atoms with van der Waals surface area (Å²) in [6, 6.07) is 7.25. The van der Waals surface area contributed by atoms with E-state index in [1.807, 2.05) is 0 Å². The first-order valence-corrected chi connectivity index (χ1v) is 6.96. The number of phenolic OH excluding ortho intramolecular Hbond substituents is 1. The largest absolute Gasteiger partial charge is 0.508 e. The van der Waals surface area contributed by atoms with Crippen LogP contribution in [-0.2, 0) is 5.60 Å². The number of rotatable bonds is 4. The molecule has 0 spiro atoms. The molecule has 0 saturated heterocycles. The van der Waals surface area contributed by atoms with E-state index in [1.165, 1.54) is 19.1 Å². The van der Waals surface area contributed by atoms with E-state index in [4.69, 9.17) is 0 Å². The quantitative estimate of drug-likeness (QED) is 0.811. The van der Waals surface area contributed by atoms with Crippen molar-refractivity contribution in [2.45, 2.75) is 19.4 Å². The highest BCUT2D eigenvalue weighted by Gasteiger charge is 2.27. The smallest absolute Gasteiger partial charge is 0.251 e. The summed E-state index contributed by atoms with van der Waals surface area (Å²) >= 11 is 0. The Hall–Kier alpha value is -2.47. The fourth-order valence-corrected chi connectivity index (χ4v) is 2.13. The molecule has 1 unspecified atom stereocenters. The normalized spacial score (nSPS) is 13.4. The number of benzene rings is 2. The van der Waals surface area contributed by atoms with Crippen LogP contribution in [-0.4, -0.2) is 22.7 Å². The van der Waals surface area contributed by atoms with E-state index in [0.717, 1.165) is 12.1 Å². The molecule has 0 aliphatic rings. The number of halogens is 2. The predicted molar refractivity (Wildman–Crippen MR) is 81.1 cm³/mol. The highest BCUT2D eigenvalue weighted by Crippen LogP contribution is 2.24. The molecule has 0 aliphatic heterocycles. The molecule has 6 heteroatoms. The van der Waals surface area contributed by atoms with Gasteiger partial charge in [-0.15, -0.1) is 0 Å². The minimum absolute atomic E-state index is 0.0195. The molecule has 1 atom stereocenters. The summed E-state index contributed by atoms with van der Waals surface area (Å²) < 4.78 is 26.7. The van der Waals surface area contributed by atoms with Gasteiger partial charge in [-0.2, -0.15) is 0 Å². The minimum Gasteiger partial charge on any atom is -0.508 e. The highest BCUT2D eigenvalue weighted by molar-refractivity contribution is 5.94. The SMILES string of the molecule is Cc1ccc(C(=O)NCC(C)(O)c2ccc(F)cc2F)cc1O. The van der Waals surface area contributed by atoms with E-state index >= 15 is 0 Å². The molecule has 0 heterocycles. The second kappa shape index (κ2) is 6.34. The van der Waals surface area contributed by atoms with Crippen molar-refractivity contribution in [3.05, 3.63) is 64.7 Å². The monoisotopic (exact) mass is 321 g/mol. The van der Waals surface area contributed by atoms with Crippen LogP contribution in [0, 0.1) is 18.6 Å². The Labute approximate surface area is 132 Å². The van der Waals surface area contributed by atoms with Crippen molar-refractivity contribution in [1.82, 2.24) is 5.32 Å². The molecular formula is C17H17F2NO3. The average molecular weight is 321 g/mol. The fourth-order valence-electron chi connectivity index (χ4n) is 2.13. The van der Waals surface area contributed by atoms with Gasteiger partial charge in [0.05, 0.1) is 6.54 Å². The number of nitrogens with one attached hydrogen (secondary N) is 1. The van der Waals surface area contributed by atoms with Crippen molar-refractivity contribution < 1.29 is 23.8 Å². The topological polar surface area (TPSA) is 69.6 Å². The third kappa shape index (κ3) is 3.84. The molecule has 0 aliphatic carbocycles. The van der Waals surface area contributed by atoms with E-state index in [1.54, 1.807) is 13.0 Å². The molecule has 3 N–H and O–H groups in total. The van der Waals surface area contributed by atoms with Crippen LogP contribution in [0.2, 0.25) is 0 Å². The molecule has 0 saturated carbocycles. The van der Waals surface area contributed by atoms with Crippen molar-refractivity contribution in [3.8, 4) is 5.75 Å². The summed E-state index contributed by atoms with van der Waals surface area (Å²) in [5.41, 5.74) is -0.989. The predicted octanol–water partition coefficient (Wildman–Crippen LogP) is 2.62. The number of aryl methyl sites for hydroxylation is 1. The third-order valence-electron chi connectivity index (χ3n) is 3.58. The van der Waals surface area contributed by atoms with Crippen LogP contribution in [0.5, 0.6) is 5.75 Å². The second-order valence-electron chi connectivity index (χ2n) is 5.58. The summed E-state index contributed by atoms with van der Waals surface area (Å²) in [6.45, 7) is 2.73. The standard InChI is InChI=1S/C17H17F2NO3/c1-10-3-4-11(7-15(10)21)16(22)20-9-17(2,23)13-6-5-12(18)8-14(13)19/h3-8,21,23H,9H2,1-2H3,(H,20,22). The Kier molecular flexibility index (Phi) is 4.65.